The molecule has 0 aliphatic heterocycles. The Labute approximate surface area is 124 Å². The van der Waals surface area contributed by atoms with E-state index >= 15 is 0 Å². The number of aryl methyl sites for hydroxylation is 1. The van der Waals surface area contributed by atoms with Gasteiger partial charge in [-0.15, -0.1) is 0 Å². The number of hydrogen-bond donors (Lipinski definition) is 3. The van der Waals surface area contributed by atoms with Crippen molar-refractivity contribution in [1.29, 1.82) is 0 Å². The van der Waals surface area contributed by atoms with Gasteiger partial charge in [-0.05, 0) is 32.6 Å². The standard InChI is InChI=1S/C14H23N5O2/c1-9-8-12(18-13(15-9)19(2)3)16-10-4-6-11(7-5-10)17-14(20)21/h8,10-11,17H,4-7H2,1-3H3,(H,20,21)(H,15,16,18). The Kier molecular flexibility index (Phi) is 4.82. The molecule has 1 saturated carbocycles. The van der Waals surface area contributed by atoms with Crippen molar-refractivity contribution >= 4 is 17.9 Å². The summed E-state index contributed by atoms with van der Waals surface area (Å²) in [5.41, 5.74) is 0.928. The number of rotatable bonds is 4. The Morgan fingerprint density at radius 3 is 2.43 bits per heavy atom. The smallest absolute Gasteiger partial charge is 0.404 e. The first kappa shape index (κ1) is 15.3. The largest absolute Gasteiger partial charge is 0.465 e. The minimum Gasteiger partial charge on any atom is -0.465 e. The van der Waals surface area contributed by atoms with E-state index < -0.39 is 6.09 Å². The first-order chi connectivity index (χ1) is 9.94. The molecule has 1 aliphatic carbocycles. The summed E-state index contributed by atoms with van der Waals surface area (Å²) >= 11 is 0. The normalized spacial score (nSPS) is 21.7. The SMILES string of the molecule is Cc1cc(NC2CCC(NC(=O)O)CC2)nc(N(C)C)n1. The van der Waals surface area contributed by atoms with Crippen LogP contribution in [0.5, 0.6) is 0 Å². The van der Waals surface area contributed by atoms with Crippen molar-refractivity contribution in [3.8, 4) is 0 Å². The van der Waals surface area contributed by atoms with E-state index in [-0.39, 0.29) is 6.04 Å². The molecule has 21 heavy (non-hydrogen) atoms. The molecule has 1 heterocycles. The van der Waals surface area contributed by atoms with Gasteiger partial charge in [0.15, 0.2) is 0 Å². The van der Waals surface area contributed by atoms with Gasteiger partial charge in [0, 0.05) is 37.9 Å². The number of hydrogen-bond acceptors (Lipinski definition) is 5. The third kappa shape index (κ3) is 4.47. The second-order valence-electron chi connectivity index (χ2n) is 5.73. The molecule has 1 amide bonds. The van der Waals surface area contributed by atoms with Crippen molar-refractivity contribution < 1.29 is 9.90 Å². The second kappa shape index (κ2) is 6.60. The van der Waals surface area contributed by atoms with Crippen LogP contribution >= 0.6 is 0 Å². The summed E-state index contributed by atoms with van der Waals surface area (Å²) in [5.74, 6) is 1.53. The van der Waals surface area contributed by atoms with Gasteiger partial charge in [0.1, 0.15) is 5.82 Å². The van der Waals surface area contributed by atoms with E-state index in [1.165, 1.54) is 0 Å². The average Bonchev–Trinajstić information content (AvgIpc) is 2.39. The quantitative estimate of drug-likeness (QED) is 0.785. The van der Waals surface area contributed by atoms with Crippen molar-refractivity contribution in [3.63, 3.8) is 0 Å². The first-order valence-electron chi connectivity index (χ1n) is 7.23. The highest BCUT2D eigenvalue weighted by atomic mass is 16.4. The molecule has 3 N–H and O–H groups in total. The molecule has 7 heteroatoms. The maximum Gasteiger partial charge on any atom is 0.404 e. The van der Waals surface area contributed by atoms with Gasteiger partial charge >= 0.3 is 6.09 Å². The van der Waals surface area contributed by atoms with E-state index in [2.05, 4.69) is 20.6 Å². The first-order valence-corrected chi connectivity index (χ1v) is 7.23. The minimum absolute atomic E-state index is 0.0741. The van der Waals surface area contributed by atoms with E-state index in [0.717, 1.165) is 37.2 Å². The molecule has 1 aromatic rings. The monoisotopic (exact) mass is 293 g/mol. The Balaban J connectivity index is 1.93. The number of carbonyl (C=O) groups is 1. The highest BCUT2D eigenvalue weighted by Gasteiger charge is 2.22. The maximum absolute atomic E-state index is 10.6. The van der Waals surface area contributed by atoms with Crippen LogP contribution in [-0.2, 0) is 0 Å². The average molecular weight is 293 g/mol. The van der Waals surface area contributed by atoms with Gasteiger partial charge < -0.3 is 20.6 Å². The molecule has 0 spiro atoms. The molecule has 116 valence electrons. The van der Waals surface area contributed by atoms with Gasteiger partial charge in [-0.1, -0.05) is 0 Å². The van der Waals surface area contributed by atoms with Gasteiger partial charge in [-0.2, -0.15) is 4.98 Å². The van der Waals surface area contributed by atoms with Crippen molar-refractivity contribution in [2.75, 3.05) is 24.3 Å². The van der Waals surface area contributed by atoms with Crippen LogP contribution in [0.1, 0.15) is 31.4 Å². The highest BCUT2D eigenvalue weighted by molar-refractivity contribution is 5.64. The lowest BCUT2D eigenvalue weighted by molar-refractivity contribution is 0.185. The summed E-state index contributed by atoms with van der Waals surface area (Å²) in [5, 5.41) is 14.7. The number of amides is 1. The molecular formula is C14H23N5O2. The van der Waals surface area contributed by atoms with Gasteiger partial charge in [-0.25, -0.2) is 9.78 Å². The van der Waals surface area contributed by atoms with Crippen molar-refractivity contribution in [2.24, 2.45) is 0 Å². The van der Waals surface area contributed by atoms with Gasteiger partial charge in [0.05, 0.1) is 0 Å². The zero-order valence-corrected chi connectivity index (χ0v) is 12.8. The number of nitrogens with zero attached hydrogens (tertiary/aromatic N) is 3. The van der Waals surface area contributed by atoms with E-state index in [9.17, 15) is 4.79 Å². The Morgan fingerprint density at radius 2 is 1.86 bits per heavy atom. The van der Waals surface area contributed by atoms with E-state index in [0.29, 0.717) is 12.0 Å². The van der Waals surface area contributed by atoms with Crippen LogP contribution in [-0.4, -0.2) is 47.3 Å². The van der Waals surface area contributed by atoms with E-state index in [1.807, 2.05) is 32.0 Å². The summed E-state index contributed by atoms with van der Waals surface area (Å²) in [6.07, 6.45) is 2.65. The Morgan fingerprint density at radius 1 is 1.24 bits per heavy atom. The molecule has 2 rings (SSSR count). The fourth-order valence-corrected chi connectivity index (χ4v) is 2.59. The Hall–Kier alpha value is -2.05. The molecule has 1 aromatic heterocycles. The lowest BCUT2D eigenvalue weighted by Gasteiger charge is -2.29. The van der Waals surface area contributed by atoms with Gasteiger partial charge in [-0.3, -0.25) is 0 Å². The zero-order valence-electron chi connectivity index (χ0n) is 12.8. The third-order valence-corrected chi connectivity index (χ3v) is 3.65. The number of carboxylic acid groups (broad SMARTS) is 1. The highest BCUT2D eigenvalue weighted by Crippen LogP contribution is 2.22. The molecule has 1 aliphatic rings. The Bertz CT molecular complexity index is 498. The maximum atomic E-state index is 10.6. The van der Waals surface area contributed by atoms with Crippen LogP contribution in [0.3, 0.4) is 0 Å². The van der Waals surface area contributed by atoms with Gasteiger partial charge in [0.2, 0.25) is 5.95 Å². The zero-order chi connectivity index (χ0) is 15.4. The summed E-state index contributed by atoms with van der Waals surface area (Å²) in [7, 11) is 3.84. The lowest BCUT2D eigenvalue weighted by Crippen LogP contribution is -2.39. The van der Waals surface area contributed by atoms with Crippen LogP contribution in [0.15, 0.2) is 6.07 Å². The summed E-state index contributed by atoms with van der Waals surface area (Å²) in [6, 6.07) is 2.35. The van der Waals surface area contributed by atoms with Crippen molar-refractivity contribution in [2.45, 2.75) is 44.7 Å². The second-order valence-corrected chi connectivity index (χ2v) is 5.73. The van der Waals surface area contributed by atoms with Crippen LogP contribution in [0, 0.1) is 6.92 Å². The molecular weight excluding hydrogens is 270 g/mol. The number of nitrogens with one attached hydrogen (secondary N) is 2. The van der Waals surface area contributed by atoms with Crippen LogP contribution in [0.2, 0.25) is 0 Å². The molecule has 0 unspecified atom stereocenters. The minimum atomic E-state index is -0.937. The third-order valence-electron chi connectivity index (χ3n) is 3.65. The number of anilines is 2. The van der Waals surface area contributed by atoms with Gasteiger partial charge in [0.25, 0.3) is 0 Å². The fourth-order valence-electron chi connectivity index (χ4n) is 2.59. The molecule has 7 nitrogen and oxygen atoms in total. The topological polar surface area (TPSA) is 90.4 Å². The van der Waals surface area contributed by atoms with Crippen LogP contribution < -0.4 is 15.5 Å². The molecule has 0 atom stereocenters. The summed E-state index contributed by atoms with van der Waals surface area (Å²) < 4.78 is 0. The molecule has 0 saturated heterocycles. The van der Waals surface area contributed by atoms with Crippen LogP contribution in [0.25, 0.3) is 0 Å². The molecule has 0 bridgehead atoms. The molecule has 0 aromatic carbocycles. The van der Waals surface area contributed by atoms with Crippen LogP contribution in [0.4, 0.5) is 16.6 Å². The predicted molar refractivity (Wildman–Crippen MR) is 81.9 cm³/mol. The summed E-state index contributed by atoms with van der Waals surface area (Å²) in [6.45, 7) is 1.95. The molecule has 0 radical (unpaired) electrons. The van der Waals surface area contributed by atoms with E-state index in [4.69, 9.17) is 5.11 Å². The fraction of sp³-hybridized carbons (Fsp3) is 0.643. The number of aromatic nitrogens is 2. The lowest BCUT2D eigenvalue weighted by atomic mass is 9.91. The van der Waals surface area contributed by atoms with E-state index in [1.54, 1.807) is 0 Å². The summed E-state index contributed by atoms with van der Waals surface area (Å²) in [4.78, 5) is 21.4. The predicted octanol–water partition coefficient (Wildman–Crippen LogP) is 1.84. The van der Waals surface area contributed by atoms with Crippen molar-refractivity contribution in [1.82, 2.24) is 15.3 Å². The van der Waals surface area contributed by atoms with Crippen molar-refractivity contribution in [3.05, 3.63) is 11.8 Å². The molecule has 1 fully saturated rings.